The second-order valence-corrected chi connectivity index (χ2v) is 6.86. The molecular formula is C19H29N3O2. The number of carbonyl (C=O) groups is 2. The zero-order valence-electron chi connectivity index (χ0n) is 15.0. The van der Waals surface area contributed by atoms with Crippen LogP contribution < -0.4 is 10.2 Å². The number of amides is 2. The standard InChI is InChI=1S/C19H29N3O2/c1-21(2)17-11-9-15(10-12-17)14-22(3)18(23)13-20-19(24)16-7-5-4-6-8-16/h9-12,16H,4-8,13-14H2,1-3H3,(H,20,24). The van der Waals surface area contributed by atoms with E-state index in [4.69, 9.17) is 0 Å². The average Bonchev–Trinajstić information content (AvgIpc) is 2.60. The van der Waals surface area contributed by atoms with Crippen molar-refractivity contribution in [2.24, 2.45) is 5.92 Å². The normalized spacial score (nSPS) is 15.0. The van der Waals surface area contributed by atoms with Gasteiger partial charge in [0, 0.05) is 39.3 Å². The fraction of sp³-hybridized carbons (Fsp3) is 0.579. The van der Waals surface area contributed by atoms with Crippen LogP contribution in [0.1, 0.15) is 37.7 Å². The molecule has 1 saturated carbocycles. The number of nitrogens with zero attached hydrogens (tertiary/aromatic N) is 2. The molecule has 5 nitrogen and oxygen atoms in total. The van der Waals surface area contributed by atoms with Gasteiger partial charge in [-0.05, 0) is 30.5 Å². The molecule has 0 unspecified atom stereocenters. The zero-order valence-corrected chi connectivity index (χ0v) is 15.0. The van der Waals surface area contributed by atoms with Crippen LogP contribution in [0.5, 0.6) is 0 Å². The summed E-state index contributed by atoms with van der Waals surface area (Å²) in [7, 11) is 5.77. The van der Waals surface area contributed by atoms with Crippen molar-refractivity contribution in [1.29, 1.82) is 0 Å². The van der Waals surface area contributed by atoms with Crippen LogP contribution in [0.15, 0.2) is 24.3 Å². The van der Waals surface area contributed by atoms with E-state index in [1.54, 1.807) is 11.9 Å². The number of likely N-dealkylation sites (N-methyl/N-ethyl adjacent to an activating group) is 1. The highest BCUT2D eigenvalue weighted by molar-refractivity contribution is 5.85. The Hall–Kier alpha value is -2.04. The van der Waals surface area contributed by atoms with E-state index in [2.05, 4.69) is 5.32 Å². The molecule has 1 aromatic carbocycles. The summed E-state index contributed by atoms with van der Waals surface area (Å²) in [5.74, 6) is 0.0677. The summed E-state index contributed by atoms with van der Waals surface area (Å²) in [5, 5.41) is 2.81. The van der Waals surface area contributed by atoms with E-state index in [1.165, 1.54) is 6.42 Å². The first kappa shape index (κ1) is 18.3. The van der Waals surface area contributed by atoms with Crippen molar-refractivity contribution >= 4 is 17.5 Å². The minimum absolute atomic E-state index is 0.0341. The second-order valence-electron chi connectivity index (χ2n) is 6.86. The van der Waals surface area contributed by atoms with Crippen LogP contribution in [-0.2, 0) is 16.1 Å². The minimum atomic E-state index is -0.0594. The van der Waals surface area contributed by atoms with Gasteiger partial charge in [0.05, 0.1) is 6.54 Å². The van der Waals surface area contributed by atoms with Crippen molar-refractivity contribution in [3.63, 3.8) is 0 Å². The molecular weight excluding hydrogens is 302 g/mol. The molecule has 0 saturated heterocycles. The molecule has 0 spiro atoms. The Balaban J connectivity index is 1.78. The first-order valence-corrected chi connectivity index (χ1v) is 8.75. The lowest BCUT2D eigenvalue weighted by molar-refractivity contribution is -0.133. The SMILES string of the molecule is CN(Cc1ccc(N(C)C)cc1)C(=O)CNC(=O)C1CCCCC1. The lowest BCUT2D eigenvalue weighted by atomic mass is 9.89. The maximum Gasteiger partial charge on any atom is 0.242 e. The van der Waals surface area contributed by atoms with E-state index in [-0.39, 0.29) is 24.3 Å². The van der Waals surface area contributed by atoms with Crippen LogP contribution in [0, 0.1) is 5.92 Å². The summed E-state index contributed by atoms with van der Waals surface area (Å²) < 4.78 is 0. The van der Waals surface area contributed by atoms with Crippen molar-refractivity contribution in [3.8, 4) is 0 Å². The fourth-order valence-electron chi connectivity index (χ4n) is 3.07. The van der Waals surface area contributed by atoms with Gasteiger partial charge in [0.1, 0.15) is 0 Å². The maximum atomic E-state index is 12.2. The summed E-state index contributed by atoms with van der Waals surface area (Å²) in [4.78, 5) is 28.0. The van der Waals surface area contributed by atoms with Crippen LogP contribution >= 0.6 is 0 Å². The van der Waals surface area contributed by atoms with Crippen LogP contribution in [0.3, 0.4) is 0 Å². The summed E-state index contributed by atoms with van der Waals surface area (Å²) in [6, 6.07) is 8.14. The highest BCUT2D eigenvalue weighted by Gasteiger charge is 2.21. The number of carbonyl (C=O) groups excluding carboxylic acids is 2. The molecule has 0 heterocycles. The molecule has 0 atom stereocenters. The Morgan fingerprint density at radius 3 is 2.25 bits per heavy atom. The Labute approximate surface area is 145 Å². The third kappa shape index (κ3) is 5.25. The molecule has 132 valence electrons. The predicted octanol–water partition coefficient (Wildman–Crippen LogP) is 2.41. The van der Waals surface area contributed by atoms with Gasteiger partial charge in [-0.15, -0.1) is 0 Å². The Morgan fingerprint density at radius 1 is 1.04 bits per heavy atom. The number of hydrogen-bond donors (Lipinski definition) is 1. The lowest BCUT2D eigenvalue weighted by Gasteiger charge is -2.22. The molecule has 2 rings (SSSR count). The van der Waals surface area contributed by atoms with Gasteiger partial charge in [0.25, 0.3) is 0 Å². The van der Waals surface area contributed by atoms with E-state index in [0.717, 1.165) is 36.9 Å². The van der Waals surface area contributed by atoms with Crippen LogP contribution in [0.25, 0.3) is 0 Å². The molecule has 1 aliphatic rings. The molecule has 1 aliphatic carbocycles. The Bertz CT molecular complexity index is 548. The van der Waals surface area contributed by atoms with Crippen LogP contribution in [-0.4, -0.2) is 44.4 Å². The molecule has 2 amide bonds. The van der Waals surface area contributed by atoms with Crippen molar-refractivity contribution < 1.29 is 9.59 Å². The van der Waals surface area contributed by atoms with E-state index < -0.39 is 0 Å². The van der Waals surface area contributed by atoms with E-state index >= 15 is 0 Å². The van der Waals surface area contributed by atoms with E-state index in [0.29, 0.717) is 6.54 Å². The summed E-state index contributed by atoms with van der Waals surface area (Å²) in [6.45, 7) is 0.632. The average molecular weight is 331 g/mol. The Kier molecular flexibility index (Phi) is 6.64. The molecule has 1 fully saturated rings. The van der Waals surface area contributed by atoms with Gasteiger partial charge in [-0.25, -0.2) is 0 Å². The number of nitrogens with one attached hydrogen (secondary N) is 1. The first-order valence-electron chi connectivity index (χ1n) is 8.75. The quantitative estimate of drug-likeness (QED) is 0.871. The third-order valence-corrected chi connectivity index (χ3v) is 4.69. The molecule has 0 aromatic heterocycles. The van der Waals surface area contributed by atoms with Crippen LogP contribution in [0.4, 0.5) is 5.69 Å². The first-order chi connectivity index (χ1) is 11.5. The fourth-order valence-corrected chi connectivity index (χ4v) is 3.07. The van der Waals surface area contributed by atoms with Gasteiger partial charge >= 0.3 is 0 Å². The highest BCUT2D eigenvalue weighted by Crippen LogP contribution is 2.23. The van der Waals surface area contributed by atoms with Crippen molar-refractivity contribution in [3.05, 3.63) is 29.8 Å². The predicted molar refractivity (Wildman–Crippen MR) is 96.8 cm³/mol. The van der Waals surface area contributed by atoms with Crippen molar-refractivity contribution in [2.45, 2.75) is 38.6 Å². The third-order valence-electron chi connectivity index (χ3n) is 4.69. The molecule has 5 heteroatoms. The smallest absolute Gasteiger partial charge is 0.242 e. The molecule has 0 bridgehead atoms. The second kappa shape index (κ2) is 8.71. The molecule has 24 heavy (non-hydrogen) atoms. The van der Waals surface area contributed by atoms with Gasteiger partial charge in [0.15, 0.2) is 0 Å². The van der Waals surface area contributed by atoms with E-state index in [9.17, 15) is 9.59 Å². The van der Waals surface area contributed by atoms with Crippen LogP contribution in [0.2, 0.25) is 0 Å². The number of hydrogen-bond acceptors (Lipinski definition) is 3. The van der Waals surface area contributed by atoms with Gasteiger partial charge < -0.3 is 15.1 Å². The minimum Gasteiger partial charge on any atom is -0.378 e. The van der Waals surface area contributed by atoms with Gasteiger partial charge in [-0.2, -0.15) is 0 Å². The maximum absolute atomic E-state index is 12.2. The Morgan fingerprint density at radius 2 is 1.67 bits per heavy atom. The van der Waals surface area contributed by atoms with Crippen molar-refractivity contribution in [1.82, 2.24) is 10.2 Å². The van der Waals surface area contributed by atoms with Gasteiger partial charge in [0.2, 0.25) is 11.8 Å². The zero-order chi connectivity index (χ0) is 17.5. The van der Waals surface area contributed by atoms with E-state index in [1.807, 2.05) is 43.3 Å². The topological polar surface area (TPSA) is 52.6 Å². The number of rotatable bonds is 6. The monoisotopic (exact) mass is 331 g/mol. The summed E-state index contributed by atoms with van der Waals surface area (Å²) in [6.07, 6.45) is 5.37. The molecule has 0 radical (unpaired) electrons. The summed E-state index contributed by atoms with van der Waals surface area (Å²) in [5.41, 5.74) is 2.21. The lowest BCUT2D eigenvalue weighted by Crippen LogP contribution is -2.40. The number of benzene rings is 1. The number of anilines is 1. The van der Waals surface area contributed by atoms with Gasteiger partial charge in [-0.3, -0.25) is 9.59 Å². The largest absolute Gasteiger partial charge is 0.378 e. The van der Waals surface area contributed by atoms with Gasteiger partial charge in [-0.1, -0.05) is 31.4 Å². The van der Waals surface area contributed by atoms with Crippen molar-refractivity contribution in [2.75, 3.05) is 32.6 Å². The molecule has 1 aromatic rings. The highest BCUT2D eigenvalue weighted by atomic mass is 16.2. The molecule has 0 aliphatic heterocycles. The molecule has 1 N–H and O–H groups in total. The summed E-state index contributed by atoms with van der Waals surface area (Å²) >= 11 is 0.